The molecule has 0 unspecified atom stereocenters. The van der Waals surface area contributed by atoms with E-state index in [0.29, 0.717) is 12.1 Å². The number of aromatic nitrogens is 1. The molecule has 0 radical (unpaired) electrons. The first-order valence-electron chi connectivity index (χ1n) is 10.1. The summed E-state index contributed by atoms with van der Waals surface area (Å²) in [5.74, 6) is 0.764. The van der Waals surface area contributed by atoms with Crippen molar-refractivity contribution in [2.24, 2.45) is 0 Å². The van der Waals surface area contributed by atoms with E-state index in [9.17, 15) is 4.79 Å². The normalized spacial score (nSPS) is 17.4. The van der Waals surface area contributed by atoms with Crippen molar-refractivity contribution in [1.82, 2.24) is 15.2 Å². The molecule has 2 aromatic rings. The van der Waals surface area contributed by atoms with E-state index in [0.717, 1.165) is 31.0 Å². The third-order valence-electron chi connectivity index (χ3n) is 5.52. The van der Waals surface area contributed by atoms with Gasteiger partial charge in [0.05, 0.1) is 5.56 Å². The molecule has 1 amide bonds. The van der Waals surface area contributed by atoms with Gasteiger partial charge >= 0.3 is 0 Å². The summed E-state index contributed by atoms with van der Waals surface area (Å²) in [6.45, 7) is 5.95. The number of anilines is 1. The lowest BCUT2D eigenvalue weighted by Crippen LogP contribution is -2.28. The number of nitrogens with one attached hydrogen (secondary N) is 1. The molecule has 0 saturated carbocycles. The molecular formula is C22H28N4O. The van der Waals surface area contributed by atoms with Crippen LogP contribution < -0.4 is 10.2 Å². The topological polar surface area (TPSA) is 48.5 Å². The Hall–Kier alpha value is -2.40. The number of hydrogen-bond acceptors (Lipinski definition) is 4. The molecule has 0 atom stereocenters. The highest BCUT2D eigenvalue weighted by molar-refractivity contribution is 5.98. The second kappa shape index (κ2) is 8.53. The first kappa shape index (κ1) is 18.0. The molecule has 142 valence electrons. The van der Waals surface area contributed by atoms with E-state index >= 15 is 0 Å². The second-order valence-corrected chi connectivity index (χ2v) is 7.55. The highest BCUT2D eigenvalue weighted by atomic mass is 16.1. The Labute approximate surface area is 161 Å². The Kier molecular flexibility index (Phi) is 5.68. The van der Waals surface area contributed by atoms with Crippen LogP contribution in [0.2, 0.25) is 0 Å². The van der Waals surface area contributed by atoms with Crippen LogP contribution in [-0.4, -0.2) is 42.0 Å². The van der Waals surface area contributed by atoms with Crippen molar-refractivity contribution in [2.75, 3.05) is 31.1 Å². The standard InChI is InChI=1S/C22H28N4O/c27-22(20-6-5-11-23-21(20)26-14-3-4-15-26)24-16-18-7-9-19(10-8-18)17-25-12-1-2-13-25/h5-11H,1-4,12-17H2,(H,24,27). The van der Waals surface area contributed by atoms with Crippen LogP contribution in [0.15, 0.2) is 42.6 Å². The van der Waals surface area contributed by atoms with E-state index in [2.05, 4.69) is 44.4 Å². The first-order valence-corrected chi connectivity index (χ1v) is 10.1. The average Bonchev–Trinajstić information content (AvgIpc) is 3.41. The summed E-state index contributed by atoms with van der Waals surface area (Å²) in [5.41, 5.74) is 3.14. The summed E-state index contributed by atoms with van der Waals surface area (Å²) < 4.78 is 0. The molecule has 2 fully saturated rings. The van der Waals surface area contributed by atoms with Crippen LogP contribution in [0.25, 0.3) is 0 Å². The minimum Gasteiger partial charge on any atom is -0.356 e. The van der Waals surface area contributed by atoms with E-state index in [-0.39, 0.29) is 5.91 Å². The van der Waals surface area contributed by atoms with Crippen molar-refractivity contribution in [1.29, 1.82) is 0 Å². The number of carbonyl (C=O) groups is 1. The van der Waals surface area contributed by atoms with Crippen LogP contribution in [0.3, 0.4) is 0 Å². The fourth-order valence-corrected chi connectivity index (χ4v) is 3.99. The Bertz CT molecular complexity index is 762. The van der Waals surface area contributed by atoms with Gasteiger partial charge < -0.3 is 10.2 Å². The number of benzene rings is 1. The molecule has 3 heterocycles. The lowest BCUT2D eigenvalue weighted by Gasteiger charge is -2.19. The zero-order valence-electron chi connectivity index (χ0n) is 15.9. The molecular weight excluding hydrogens is 336 g/mol. The maximum absolute atomic E-state index is 12.7. The Morgan fingerprint density at radius 3 is 2.33 bits per heavy atom. The monoisotopic (exact) mass is 364 g/mol. The van der Waals surface area contributed by atoms with Gasteiger partial charge in [0.1, 0.15) is 5.82 Å². The number of hydrogen-bond donors (Lipinski definition) is 1. The van der Waals surface area contributed by atoms with Crippen molar-refractivity contribution in [2.45, 2.75) is 38.8 Å². The Morgan fingerprint density at radius 2 is 1.59 bits per heavy atom. The number of likely N-dealkylation sites (tertiary alicyclic amines) is 1. The molecule has 0 bridgehead atoms. The fourth-order valence-electron chi connectivity index (χ4n) is 3.99. The number of rotatable bonds is 6. The molecule has 5 heteroatoms. The number of pyridine rings is 1. The van der Waals surface area contributed by atoms with Gasteiger partial charge in [-0.25, -0.2) is 4.98 Å². The molecule has 5 nitrogen and oxygen atoms in total. The van der Waals surface area contributed by atoms with Crippen molar-refractivity contribution >= 4 is 11.7 Å². The minimum absolute atomic E-state index is 0.0499. The molecule has 27 heavy (non-hydrogen) atoms. The summed E-state index contributed by atoms with van der Waals surface area (Å²) in [6.07, 6.45) is 6.74. The SMILES string of the molecule is O=C(NCc1ccc(CN2CCCC2)cc1)c1cccnc1N1CCCC1. The lowest BCUT2D eigenvalue weighted by atomic mass is 10.1. The summed E-state index contributed by atoms with van der Waals surface area (Å²) in [7, 11) is 0. The van der Waals surface area contributed by atoms with Crippen LogP contribution >= 0.6 is 0 Å². The van der Waals surface area contributed by atoms with Gasteiger partial charge in [-0.05, 0) is 62.0 Å². The predicted octanol–water partition coefficient (Wildman–Crippen LogP) is 3.21. The van der Waals surface area contributed by atoms with Gasteiger partial charge in [0.2, 0.25) is 0 Å². The van der Waals surface area contributed by atoms with Gasteiger partial charge in [0.15, 0.2) is 0 Å². The number of amides is 1. The maximum Gasteiger partial charge on any atom is 0.255 e. The van der Waals surface area contributed by atoms with E-state index in [1.165, 1.54) is 44.3 Å². The van der Waals surface area contributed by atoms with E-state index in [4.69, 9.17) is 0 Å². The smallest absolute Gasteiger partial charge is 0.255 e. The Morgan fingerprint density at radius 1 is 0.926 bits per heavy atom. The van der Waals surface area contributed by atoms with Crippen LogP contribution in [0.1, 0.15) is 47.2 Å². The molecule has 2 aliphatic heterocycles. The van der Waals surface area contributed by atoms with Gasteiger partial charge in [0.25, 0.3) is 5.91 Å². The van der Waals surface area contributed by atoms with Gasteiger partial charge in [0, 0.05) is 32.4 Å². The molecule has 1 aromatic carbocycles. The van der Waals surface area contributed by atoms with Crippen molar-refractivity contribution in [3.05, 3.63) is 59.3 Å². The fraction of sp³-hybridized carbons (Fsp3) is 0.455. The average molecular weight is 364 g/mol. The summed E-state index contributed by atoms with van der Waals surface area (Å²) in [4.78, 5) is 21.9. The lowest BCUT2D eigenvalue weighted by molar-refractivity contribution is 0.0951. The Balaban J connectivity index is 1.35. The first-order chi connectivity index (χ1) is 13.3. The quantitative estimate of drug-likeness (QED) is 0.855. The molecule has 2 aliphatic rings. The largest absolute Gasteiger partial charge is 0.356 e. The van der Waals surface area contributed by atoms with Gasteiger partial charge in [-0.15, -0.1) is 0 Å². The van der Waals surface area contributed by atoms with E-state index in [1.807, 2.05) is 12.1 Å². The zero-order valence-corrected chi connectivity index (χ0v) is 15.9. The molecule has 2 saturated heterocycles. The van der Waals surface area contributed by atoms with Gasteiger partial charge in [-0.1, -0.05) is 24.3 Å². The number of nitrogens with zero attached hydrogens (tertiary/aromatic N) is 3. The summed E-state index contributed by atoms with van der Waals surface area (Å²) in [5, 5.41) is 3.06. The van der Waals surface area contributed by atoms with Crippen LogP contribution in [0, 0.1) is 0 Å². The second-order valence-electron chi connectivity index (χ2n) is 7.55. The maximum atomic E-state index is 12.7. The summed E-state index contributed by atoms with van der Waals surface area (Å²) in [6, 6.07) is 12.3. The third kappa shape index (κ3) is 4.48. The molecule has 0 spiro atoms. The highest BCUT2D eigenvalue weighted by Gasteiger charge is 2.20. The summed E-state index contributed by atoms with van der Waals surface area (Å²) >= 11 is 0. The van der Waals surface area contributed by atoms with E-state index < -0.39 is 0 Å². The molecule has 1 aromatic heterocycles. The number of carbonyl (C=O) groups excluding carboxylic acids is 1. The highest BCUT2D eigenvalue weighted by Crippen LogP contribution is 2.22. The van der Waals surface area contributed by atoms with Crippen LogP contribution in [0.5, 0.6) is 0 Å². The zero-order chi connectivity index (χ0) is 18.5. The predicted molar refractivity (Wildman–Crippen MR) is 108 cm³/mol. The van der Waals surface area contributed by atoms with Crippen LogP contribution in [-0.2, 0) is 13.1 Å². The van der Waals surface area contributed by atoms with Gasteiger partial charge in [-0.3, -0.25) is 9.69 Å². The van der Waals surface area contributed by atoms with Gasteiger partial charge in [-0.2, -0.15) is 0 Å². The molecule has 1 N–H and O–H groups in total. The molecule has 4 rings (SSSR count). The van der Waals surface area contributed by atoms with Crippen molar-refractivity contribution in [3.63, 3.8) is 0 Å². The van der Waals surface area contributed by atoms with E-state index in [1.54, 1.807) is 6.20 Å². The third-order valence-corrected chi connectivity index (χ3v) is 5.52. The van der Waals surface area contributed by atoms with Crippen LogP contribution in [0.4, 0.5) is 5.82 Å². The van der Waals surface area contributed by atoms with Crippen molar-refractivity contribution in [3.8, 4) is 0 Å². The van der Waals surface area contributed by atoms with Crippen molar-refractivity contribution < 1.29 is 4.79 Å². The molecule has 0 aliphatic carbocycles. The minimum atomic E-state index is -0.0499.